The van der Waals surface area contributed by atoms with Gasteiger partial charge in [0.25, 0.3) is 0 Å². The van der Waals surface area contributed by atoms with Crippen LogP contribution in [0.3, 0.4) is 0 Å². The van der Waals surface area contributed by atoms with Gasteiger partial charge in [0, 0.05) is 44.8 Å². The quantitative estimate of drug-likeness (QED) is 0.519. The second-order valence-electron chi connectivity index (χ2n) is 8.25. The summed E-state index contributed by atoms with van der Waals surface area (Å²) in [6.07, 6.45) is 3.07. The second kappa shape index (κ2) is 11.1. The molecule has 0 atom stereocenters. The highest BCUT2D eigenvalue weighted by Gasteiger charge is 2.34. The molecule has 1 fully saturated rings. The first-order chi connectivity index (χ1) is 14.6. The molecule has 0 aromatic heterocycles. The molecule has 1 aliphatic heterocycles. The maximum Gasteiger partial charge on any atom is 0.191 e. The van der Waals surface area contributed by atoms with Gasteiger partial charge in [-0.1, -0.05) is 60.7 Å². The van der Waals surface area contributed by atoms with E-state index in [1.807, 2.05) is 7.05 Å². The normalized spacial score (nSPS) is 16.6. The minimum absolute atomic E-state index is 0.118. The summed E-state index contributed by atoms with van der Waals surface area (Å²) in [4.78, 5) is 6.78. The first-order valence-electron chi connectivity index (χ1n) is 10.9. The van der Waals surface area contributed by atoms with Crippen LogP contribution in [0.2, 0.25) is 0 Å². The summed E-state index contributed by atoms with van der Waals surface area (Å²) < 4.78 is 5.58. The molecule has 5 nitrogen and oxygen atoms in total. The fraction of sp³-hybridized carbons (Fsp3) is 0.480. The van der Waals surface area contributed by atoms with Crippen LogP contribution in [-0.4, -0.2) is 63.8 Å². The van der Waals surface area contributed by atoms with Crippen molar-refractivity contribution in [3.05, 3.63) is 71.8 Å². The molecule has 0 saturated carbocycles. The maximum atomic E-state index is 5.58. The molecule has 2 aromatic rings. The molecular formula is C25H36N4O. The van der Waals surface area contributed by atoms with Gasteiger partial charge in [0.1, 0.15) is 0 Å². The number of likely N-dealkylation sites (N-methyl/N-ethyl adjacent to an activating group) is 1. The van der Waals surface area contributed by atoms with Gasteiger partial charge >= 0.3 is 0 Å². The zero-order chi connectivity index (χ0) is 21.2. The lowest BCUT2D eigenvalue weighted by Gasteiger charge is -2.43. The molecule has 0 bridgehead atoms. The Labute approximate surface area is 181 Å². The monoisotopic (exact) mass is 408 g/mol. The Balaban J connectivity index is 1.58. The van der Waals surface area contributed by atoms with Gasteiger partial charge in [0.05, 0.1) is 0 Å². The van der Waals surface area contributed by atoms with Crippen molar-refractivity contribution in [2.24, 2.45) is 4.99 Å². The van der Waals surface area contributed by atoms with E-state index in [0.29, 0.717) is 5.92 Å². The molecule has 30 heavy (non-hydrogen) atoms. The SMILES string of the molecule is CN=C(NCCC(c1ccccc1)c1ccccc1)NCC1(N(C)C)CCOCC1. The highest BCUT2D eigenvalue weighted by Crippen LogP contribution is 2.27. The molecular weight excluding hydrogens is 372 g/mol. The van der Waals surface area contributed by atoms with Crippen molar-refractivity contribution < 1.29 is 4.74 Å². The Kier molecular flexibility index (Phi) is 8.29. The van der Waals surface area contributed by atoms with E-state index in [-0.39, 0.29) is 5.54 Å². The topological polar surface area (TPSA) is 48.9 Å². The fourth-order valence-corrected chi connectivity index (χ4v) is 4.23. The van der Waals surface area contributed by atoms with Crippen molar-refractivity contribution in [2.75, 3.05) is 47.4 Å². The molecule has 0 unspecified atom stereocenters. The van der Waals surface area contributed by atoms with Crippen LogP contribution in [0.4, 0.5) is 0 Å². The Bertz CT molecular complexity index is 731. The molecule has 5 heteroatoms. The number of aliphatic imine (C=N–C) groups is 1. The molecule has 1 heterocycles. The Morgan fingerprint density at radius 2 is 1.53 bits per heavy atom. The smallest absolute Gasteiger partial charge is 0.191 e. The van der Waals surface area contributed by atoms with Gasteiger partial charge in [-0.15, -0.1) is 0 Å². The van der Waals surface area contributed by atoms with E-state index < -0.39 is 0 Å². The number of nitrogens with zero attached hydrogens (tertiary/aromatic N) is 2. The molecule has 162 valence electrons. The standard InChI is InChI=1S/C25H36N4O/c1-26-24(28-20-25(29(2)3)15-18-30-19-16-25)27-17-14-23(21-10-6-4-7-11-21)22-12-8-5-9-13-22/h4-13,23H,14-20H2,1-3H3,(H2,26,27,28). The molecule has 0 spiro atoms. The Morgan fingerprint density at radius 1 is 0.967 bits per heavy atom. The number of guanidine groups is 1. The van der Waals surface area contributed by atoms with Gasteiger partial charge in [-0.2, -0.15) is 0 Å². The fourth-order valence-electron chi connectivity index (χ4n) is 4.23. The molecule has 0 aliphatic carbocycles. The van der Waals surface area contributed by atoms with Gasteiger partial charge in [-0.05, 0) is 44.5 Å². The molecule has 0 radical (unpaired) electrons. The van der Waals surface area contributed by atoms with Crippen molar-refractivity contribution in [3.63, 3.8) is 0 Å². The third-order valence-electron chi connectivity index (χ3n) is 6.31. The van der Waals surface area contributed by atoms with Crippen molar-refractivity contribution in [1.29, 1.82) is 0 Å². The van der Waals surface area contributed by atoms with Gasteiger partial charge in [-0.25, -0.2) is 0 Å². The summed E-state index contributed by atoms with van der Waals surface area (Å²) in [6.45, 7) is 3.36. The summed E-state index contributed by atoms with van der Waals surface area (Å²) >= 11 is 0. The lowest BCUT2D eigenvalue weighted by Crippen LogP contribution is -2.57. The number of hydrogen-bond acceptors (Lipinski definition) is 3. The average Bonchev–Trinajstić information content (AvgIpc) is 2.80. The van der Waals surface area contributed by atoms with Crippen LogP contribution in [0.1, 0.15) is 36.3 Å². The highest BCUT2D eigenvalue weighted by atomic mass is 16.5. The van der Waals surface area contributed by atoms with Crippen molar-refractivity contribution >= 4 is 5.96 Å². The van der Waals surface area contributed by atoms with Crippen LogP contribution >= 0.6 is 0 Å². The number of ether oxygens (including phenoxy) is 1. The van der Waals surface area contributed by atoms with E-state index in [4.69, 9.17) is 4.74 Å². The van der Waals surface area contributed by atoms with E-state index >= 15 is 0 Å². The summed E-state index contributed by atoms with van der Waals surface area (Å²) in [5, 5.41) is 7.08. The number of hydrogen-bond donors (Lipinski definition) is 2. The van der Waals surface area contributed by atoms with E-state index in [0.717, 1.165) is 51.5 Å². The minimum atomic E-state index is 0.118. The van der Waals surface area contributed by atoms with Gasteiger partial charge in [-0.3, -0.25) is 4.99 Å². The van der Waals surface area contributed by atoms with Crippen LogP contribution in [-0.2, 0) is 4.74 Å². The summed E-state index contributed by atoms with van der Waals surface area (Å²) in [5.74, 6) is 1.23. The summed E-state index contributed by atoms with van der Waals surface area (Å²) in [5.41, 5.74) is 2.82. The molecule has 0 amide bonds. The van der Waals surface area contributed by atoms with E-state index in [1.54, 1.807) is 0 Å². The lowest BCUT2D eigenvalue weighted by atomic mass is 9.88. The summed E-state index contributed by atoms with van der Waals surface area (Å²) in [6, 6.07) is 21.5. The van der Waals surface area contributed by atoms with Crippen LogP contribution < -0.4 is 10.6 Å². The van der Waals surface area contributed by atoms with Crippen molar-refractivity contribution in [2.45, 2.75) is 30.7 Å². The maximum absolute atomic E-state index is 5.58. The van der Waals surface area contributed by atoms with E-state index in [1.165, 1.54) is 11.1 Å². The predicted octanol–water partition coefficient (Wildman–Crippen LogP) is 3.48. The third-order valence-corrected chi connectivity index (χ3v) is 6.31. The number of rotatable bonds is 8. The van der Waals surface area contributed by atoms with E-state index in [9.17, 15) is 0 Å². The van der Waals surface area contributed by atoms with Gasteiger partial charge in [0.2, 0.25) is 0 Å². The van der Waals surface area contributed by atoms with Crippen LogP contribution in [0, 0.1) is 0 Å². The zero-order valence-corrected chi connectivity index (χ0v) is 18.6. The predicted molar refractivity (Wildman–Crippen MR) is 125 cm³/mol. The Hall–Kier alpha value is -2.37. The minimum Gasteiger partial charge on any atom is -0.381 e. The summed E-state index contributed by atoms with van der Waals surface area (Å²) in [7, 11) is 6.16. The van der Waals surface area contributed by atoms with Crippen LogP contribution in [0.15, 0.2) is 65.7 Å². The molecule has 3 rings (SSSR count). The second-order valence-corrected chi connectivity index (χ2v) is 8.25. The molecule has 1 saturated heterocycles. The van der Waals surface area contributed by atoms with Crippen molar-refractivity contribution in [3.8, 4) is 0 Å². The first-order valence-corrected chi connectivity index (χ1v) is 10.9. The first kappa shape index (κ1) is 22.3. The average molecular weight is 409 g/mol. The molecule has 2 aromatic carbocycles. The van der Waals surface area contributed by atoms with Crippen LogP contribution in [0.25, 0.3) is 0 Å². The Morgan fingerprint density at radius 3 is 2.03 bits per heavy atom. The lowest BCUT2D eigenvalue weighted by molar-refractivity contribution is -0.00501. The van der Waals surface area contributed by atoms with Gasteiger partial charge < -0.3 is 20.3 Å². The highest BCUT2D eigenvalue weighted by molar-refractivity contribution is 5.79. The van der Waals surface area contributed by atoms with Crippen molar-refractivity contribution in [1.82, 2.24) is 15.5 Å². The van der Waals surface area contributed by atoms with Crippen LogP contribution in [0.5, 0.6) is 0 Å². The zero-order valence-electron chi connectivity index (χ0n) is 18.6. The largest absolute Gasteiger partial charge is 0.381 e. The number of benzene rings is 2. The molecule has 2 N–H and O–H groups in total. The number of nitrogens with one attached hydrogen (secondary N) is 2. The third kappa shape index (κ3) is 5.83. The molecule has 1 aliphatic rings. The van der Waals surface area contributed by atoms with E-state index in [2.05, 4.69) is 95.3 Å². The van der Waals surface area contributed by atoms with Gasteiger partial charge in [0.15, 0.2) is 5.96 Å².